The number of likely N-dealkylation sites (N-methyl/N-ethyl adjacent to an activating group) is 1. The minimum Gasteiger partial charge on any atom is -0.492 e. The molecule has 126 valence electrons. The summed E-state index contributed by atoms with van der Waals surface area (Å²) in [6, 6.07) is 12.6. The summed E-state index contributed by atoms with van der Waals surface area (Å²) in [7, 11) is -2.11. The summed E-state index contributed by atoms with van der Waals surface area (Å²) in [4.78, 5) is 0.173. The number of hydrogen-bond acceptors (Lipinski definition) is 6. The van der Waals surface area contributed by atoms with Gasteiger partial charge in [0.2, 0.25) is 10.0 Å². The van der Waals surface area contributed by atoms with Crippen molar-refractivity contribution in [1.82, 2.24) is 13.1 Å². The second kappa shape index (κ2) is 6.84. The standard InChI is InChI=1S/C16H17N3O3S2/c1-12-6-3-4-8-14(12)22-11-10-19(2)24(20,21)15-9-5-7-13-16(15)18-23-17-13/h3-9H,10-11H2,1-2H3. The van der Waals surface area contributed by atoms with E-state index in [1.807, 2.05) is 31.2 Å². The Kier molecular flexibility index (Phi) is 4.79. The van der Waals surface area contributed by atoms with Crippen LogP contribution >= 0.6 is 11.7 Å². The Labute approximate surface area is 145 Å². The molecule has 0 fully saturated rings. The Morgan fingerprint density at radius 3 is 2.71 bits per heavy atom. The molecule has 24 heavy (non-hydrogen) atoms. The van der Waals surface area contributed by atoms with Gasteiger partial charge in [0, 0.05) is 13.6 Å². The average molecular weight is 363 g/mol. The predicted octanol–water partition coefficient (Wildman–Crippen LogP) is 2.70. The van der Waals surface area contributed by atoms with Gasteiger partial charge >= 0.3 is 0 Å². The fourth-order valence-corrected chi connectivity index (χ4v) is 4.18. The van der Waals surface area contributed by atoms with Gasteiger partial charge in [-0.05, 0) is 30.7 Å². The van der Waals surface area contributed by atoms with E-state index >= 15 is 0 Å². The monoisotopic (exact) mass is 363 g/mol. The molecule has 0 bridgehead atoms. The smallest absolute Gasteiger partial charge is 0.245 e. The molecule has 0 spiro atoms. The summed E-state index contributed by atoms with van der Waals surface area (Å²) in [5.74, 6) is 0.758. The number of nitrogens with zero attached hydrogens (tertiary/aromatic N) is 3. The lowest BCUT2D eigenvalue weighted by Gasteiger charge is -2.18. The number of benzene rings is 2. The quantitative estimate of drug-likeness (QED) is 0.673. The van der Waals surface area contributed by atoms with Crippen molar-refractivity contribution in [3.05, 3.63) is 48.0 Å². The van der Waals surface area contributed by atoms with E-state index in [9.17, 15) is 8.42 Å². The molecule has 0 aliphatic carbocycles. The number of sulfonamides is 1. The zero-order chi connectivity index (χ0) is 17.2. The van der Waals surface area contributed by atoms with Crippen LogP contribution in [-0.2, 0) is 10.0 Å². The topological polar surface area (TPSA) is 72.4 Å². The summed E-state index contributed by atoms with van der Waals surface area (Å²) in [6.45, 7) is 2.46. The molecule has 0 N–H and O–H groups in total. The van der Waals surface area contributed by atoms with Crippen LogP contribution in [0, 0.1) is 6.92 Å². The van der Waals surface area contributed by atoms with E-state index in [0.29, 0.717) is 11.0 Å². The molecule has 0 radical (unpaired) electrons. The maximum absolute atomic E-state index is 12.8. The Hall–Kier alpha value is -2.03. The molecular formula is C16H17N3O3S2. The number of rotatable bonds is 6. The molecule has 0 aliphatic rings. The molecular weight excluding hydrogens is 346 g/mol. The van der Waals surface area contributed by atoms with Crippen molar-refractivity contribution in [3.8, 4) is 5.75 Å². The van der Waals surface area contributed by atoms with Gasteiger partial charge in [0.25, 0.3) is 0 Å². The molecule has 0 amide bonds. The van der Waals surface area contributed by atoms with Crippen LogP contribution in [0.5, 0.6) is 5.75 Å². The number of ether oxygens (including phenoxy) is 1. The lowest BCUT2D eigenvalue weighted by Crippen LogP contribution is -2.31. The Morgan fingerprint density at radius 2 is 1.92 bits per heavy atom. The van der Waals surface area contributed by atoms with Crippen molar-refractivity contribution in [2.45, 2.75) is 11.8 Å². The Balaban J connectivity index is 1.73. The van der Waals surface area contributed by atoms with Crippen LogP contribution in [0.15, 0.2) is 47.4 Å². The summed E-state index contributed by atoms with van der Waals surface area (Å²) in [5, 5.41) is 0. The Morgan fingerprint density at radius 1 is 1.12 bits per heavy atom. The predicted molar refractivity (Wildman–Crippen MR) is 93.9 cm³/mol. The van der Waals surface area contributed by atoms with E-state index in [-0.39, 0.29) is 18.0 Å². The number of para-hydroxylation sites is 1. The first kappa shape index (κ1) is 16.8. The molecule has 8 heteroatoms. The lowest BCUT2D eigenvalue weighted by atomic mass is 10.2. The van der Waals surface area contributed by atoms with E-state index in [0.717, 1.165) is 23.0 Å². The van der Waals surface area contributed by atoms with E-state index in [1.54, 1.807) is 18.2 Å². The molecule has 2 aromatic carbocycles. The SMILES string of the molecule is Cc1ccccc1OCCN(C)S(=O)(=O)c1cccc2nsnc12. The summed E-state index contributed by atoms with van der Waals surface area (Å²) >= 11 is 1.00. The minimum absolute atomic E-state index is 0.173. The minimum atomic E-state index is -3.64. The second-order valence-corrected chi connectivity index (χ2v) is 7.87. The molecule has 6 nitrogen and oxygen atoms in total. The van der Waals surface area contributed by atoms with Crippen LogP contribution in [0.3, 0.4) is 0 Å². The number of fused-ring (bicyclic) bond motifs is 1. The molecule has 0 saturated carbocycles. The molecule has 0 saturated heterocycles. The first-order valence-electron chi connectivity index (χ1n) is 7.36. The van der Waals surface area contributed by atoms with Gasteiger partial charge in [0.05, 0.1) is 11.7 Å². The molecule has 1 aromatic heterocycles. The van der Waals surface area contributed by atoms with Crippen LogP contribution in [0.4, 0.5) is 0 Å². The summed E-state index contributed by atoms with van der Waals surface area (Å²) in [5.41, 5.74) is 2.01. The Bertz CT molecular complexity index is 954. The lowest BCUT2D eigenvalue weighted by molar-refractivity contribution is 0.285. The van der Waals surface area contributed by atoms with Gasteiger partial charge < -0.3 is 4.74 Å². The summed E-state index contributed by atoms with van der Waals surface area (Å²) < 4.78 is 40.7. The fourth-order valence-electron chi connectivity index (χ4n) is 2.28. The van der Waals surface area contributed by atoms with E-state index in [1.165, 1.54) is 11.4 Å². The van der Waals surface area contributed by atoms with Crippen molar-refractivity contribution in [2.75, 3.05) is 20.2 Å². The maximum atomic E-state index is 12.8. The molecule has 3 rings (SSSR count). The van der Waals surface area contributed by atoms with E-state index in [4.69, 9.17) is 4.74 Å². The highest BCUT2D eigenvalue weighted by Crippen LogP contribution is 2.23. The molecule has 3 aromatic rings. The van der Waals surface area contributed by atoms with Gasteiger partial charge in [-0.15, -0.1) is 0 Å². The fraction of sp³-hybridized carbons (Fsp3) is 0.250. The normalized spacial score (nSPS) is 12.0. The molecule has 0 aliphatic heterocycles. The highest BCUT2D eigenvalue weighted by molar-refractivity contribution is 7.89. The molecule has 1 heterocycles. The number of hydrogen-bond donors (Lipinski definition) is 0. The second-order valence-electron chi connectivity index (χ2n) is 5.33. The van der Waals surface area contributed by atoms with Crippen LogP contribution in [-0.4, -0.2) is 41.7 Å². The van der Waals surface area contributed by atoms with Crippen molar-refractivity contribution in [3.63, 3.8) is 0 Å². The van der Waals surface area contributed by atoms with Crippen LogP contribution in [0.25, 0.3) is 11.0 Å². The highest BCUT2D eigenvalue weighted by atomic mass is 32.2. The summed E-state index contributed by atoms with van der Waals surface area (Å²) in [6.07, 6.45) is 0. The van der Waals surface area contributed by atoms with Crippen molar-refractivity contribution in [2.24, 2.45) is 0 Å². The van der Waals surface area contributed by atoms with Crippen LogP contribution in [0.2, 0.25) is 0 Å². The third-order valence-corrected chi connectivity index (χ3v) is 6.13. The van der Waals surface area contributed by atoms with Gasteiger partial charge in [-0.1, -0.05) is 24.3 Å². The van der Waals surface area contributed by atoms with Gasteiger partial charge in [-0.2, -0.15) is 13.1 Å². The number of aromatic nitrogens is 2. The van der Waals surface area contributed by atoms with Gasteiger partial charge in [0.15, 0.2) is 0 Å². The first-order valence-corrected chi connectivity index (χ1v) is 9.53. The largest absolute Gasteiger partial charge is 0.492 e. The maximum Gasteiger partial charge on any atom is 0.245 e. The van der Waals surface area contributed by atoms with Crippen molar-refractivity contribution >= 4 is 32.8 Å². The zero-order valence-electron chi connectivity index (χ0n) is 13.3. The number of aryl methyl sites for hydroxylation is 1. The third-order valence-electron chi connectivity index (χ3n) is 3.69. The van der Waals surface area contributed by atoms with Gasteiger partial charge in [-0.3, -0.25) is 0 Å². The van der Waals surface area contributed by atoms with Gasteiger partial charge in [0.1, 0.15) is 28.3 Å². The molecule has 0 unspecified atom stereocenters. The molecule has 0 atom stereocenters. The van der Waals surface area contributed by atoms with E-state index < -0.39 is 10.0 Å². The van der Waals surface area contributed by atoms with E-state index in [2.05, 4.69) is 8.75 Å². The first-order chi connectivity index (χ1) is 11.5. The third kappa shape index (κ3) is 3.26. The van der Waals surface area contributed by atoms with Crippen LogP contribution < -0.4 is 4.74 Å². The van der Waals surface area contributed by atoms with Crippen molar-refractivity contribution in [1.29, 1.82) is 0 Å². The highest BCUT2D eigenvalue weighted by Gasteiger charge is 2.24. The van der Waals surface area contributed by atoms with Crippen LogP contribution in [0.1, 0.15) is 5.56 Å². The van der Waals surface area contributed by atoms with Crippen molar-refractivity contribution < 1.29 is 13.2 Å². The van der Waals surface area contributed by atoms with Gasteiger partial charge in [-0.25, -0.2) is 8.42 Å². The average Bonchev–Trinajstić information content (AvgIpc) is 3.04. The zero-order valence-corrected chi connectivity index (χ0v) is 15.0.